The Bertz CT molecular complexity index is 427. The zero-order valence-electron chi connectivity index (χ0n) is 8.45. The lowest BCUT2D eigenvalue weighted by molar-refractivity contribution is 0.601. The van der Waals surface area contributed by atoms with Gasteiger partial charge in [-0.25, -0.2) is 8.42 Å². The topological polar surface area (TPSA) is 34.1 Å². The van der Waals surface area contributed by atoms with Crippen LogP contribution in [0.4, 0.5) is 0 Å². The lowest BCUT2D eigenvalue weighted by Gasteiger charge is -2.05. The maximum atomic E-state index is 11.8. The molecule has 0 aliphatic carbocycles. The molecule has 0 atom stereocenters. The average Bonchev–Trinajstić information content (AvgIpc) is 2.17. The molecule has 0 aromatic heterocycles. The molecule has 3 heteroatoms. The Hall–Kier alpha value is -1.09. The largest absolute Gasteiger partial charge is 0.219 e. The predicted octanol–water partition coefficient (Wildman–Crippen LogP) is 2.69. The molecule has 0 amide bonds. The highest BCUT2D eigenvalue weighted by Crippen LogP contribution is 2.20. The minimum Gasteiger partial charge on any atom is -0.219 e. The first-order valence-corrected chi connectivity index (χ1v) is 5.96. The minimum absolute atomic E-state index is 0.265. The number of aryl methyl sites for hydroxylation is 1. The maximum Gasteiger partial charge on any atom is 0.202 e. The lowest BCUT2D eigenvalue weighted by atomic mass is 10.2. The number of rotatable bonds is 3. The quantitative estimate of drug-likeness (QED) is 0.768. The molecular formula is C11H14O2S. The van der Waals surface area contributed by atoms with E-state index >= 15 is 0 Å². The van der Waals surface area contributed by atoms with Gasteiger partial charge in [0.05, 0.1) is 4.90 Å². The van der Waals surface area contributed by atoms with Gasteiger partial charge in [0.25, 0.3) is 0 Å². The zero-order valence-corrected chi connectivity index (χ0v) is 9.26. The summed E-state index contributed by atoms with van der Waals surface area (Å²) in [5.74, 6) is 0. The summed E-state index contributed by atoms with van der Waals surface area (Å²) in [6, 6.07) is 6.81. The summed E-state index contributed by atoms with van der Waals surface area (Å²) in [6.07, 6.45) is 0.455. The van der Waals surface area contributed by atoms with E-state index in [0.717, 1.165) is 5.56 Å². The molecule has 0 heterocycles. The van der Waals surface area contributed by atoms with E-state index in [1.54, 1.807) is 31.2 Å². The first-order valence-electron chi connectivity index (χ1n) is 4.48. The molecule has 0 saturated carbocycles. The SMILES string of the molecule is C=C(CC)S(=O)(=O)c1ccc(C)cc1. The number of allylic oxidation sites excluding steroid dienone is 1. The van der Waals surface area contributed by atoms with Crippen molar-refractivity contribution in [3.63, 3.8) is 0 Å². The number of hydrogen-bond donors (Lipinski definition) is 0. The van der Waals surface area contributed by atoms with Crippen LogP contribution in [0.3, 0.4) is 0 Å². The highest BCUT2D eigenvalue weighted by atomic mass is 32.2. The fourth-order valence-corrected chi connectivity index (χ4v) is 2.28. The highest BCUT2D eigenvalue weighted by molar-refractivity contribution is 7.95. The van der Waals surface area contributed by atoms with Crippen molar-refractivity contribution in [2.24, 2.45) is 0 Å². The van der Waals surface area contributed by atoms with Crippen LogP contribution >= 0.6 is 0 Å². The third-order valence-corrected chi connectivity index (χ3v) is 4.05. The van der Waals surface area contributed by atoms with Crippen molar-refractivity contribution in [1.82, 2.24) is 0 Å². The summed E-state index contributed by atoms with van der Waals surface area (Å²) in [4.78, 5) is 0.594. The second-order valence-corrected chi connectivity index (χ2v) is 5.26. The summed E-state index contributed by atoms with van der Waals surface area (Å²) in [7, 11) is -3.30. The zero-order chi connectivity index (χ0) is 10.8. The van der Waals surface area contributed by atoms with Crippen LogP contribution in [0.25, 0.3) is 0 Å². The van der Waals surface area contributed by atoms with E-state index in [-0.39, 0.29) is 4.91 Å². The number of hydrogen-bond acceptors (Lipinski definition) is 2. The molecule has 0 N–H and O–H groups in total. The molecule has 2 nitrogen and oxygen atoms in total. The van der Waals surface area contributed by atoms with Crippen LogP contribution < -0.4 is 0 Å². The van der Waals surface area contributed by atoms with E-state index in [1.165, 1.54) is 0 Å². The molecule has 0 radical (unpaired) electrons. The number of sulfone groups is 1. The molecule has 0 bridgehead atoms. The van der Waals surface area contributed by atoms with Crippen molar-refractivity contribution in [3.05, 3.63) is 41.3 Å². The van der Waals surface area contributed by atoms with Crippen LogP contribution in [0, 0.1) is 6.92 Å². The van der Waals surface area contributed by atoms with Gasteiger partial charge in [0.15, 0.2) is 0 Å². The Labute approximate surface area is 85.2 Å². The van der Waals surface area contributed by atoms with Crippen molar-refractivity contribution in [2.45, 2.75) is 25.2 Å². The summed E-state index contributed by atoms with van der Waals surface area (Å²) in [5.41, 5.74) is 1.05. The smallest absolute Gasteiger partial charge is 0.202 e. The normalized spacial score (nSPS) is 11.3. The molecule has 1 aromatic rings. The van der Waals surface area contributed by atoms with Gasteiger partial charge in [-0.15, -0.1) is 0 Å². The van der Waals surface area contributed by atoms with Gasteiger partial charge >= 0.3 is 0 Å². The molecule has 14 heavy (non-hydrogen) atoms. The Morgan fingerprint density at radius 3 is 2.21 bits per heavy atom. The van der Waals surface area contributed by atoms with Gasteiger partial charge in [0, 0.05) is 4.91 Å². The van der Waals surface area contributed by atoms with Gasteiger partial charge in [0.2, 0.25) is 9.84 Å². The molecular weight excluding hydrogens is 196 g/mol. The van der Waals surface area contributed by atoms with Crippen LogP contribution in [0.1, 0.15) is 18.9 Å². The average molecular weight is 210 g/mol. The fraction of sp³-hybridized carbons (Fsp3) is 0.273. The van der Waals surface area contributed by atoms with Crippen molar-refractivity contribution >= 4 is 9.84 Å². The Morgan fingerprint density at radius 1 is 1.29 bits per heavy atom. The first kappa shape index (κ1) is 11.0. The second-order valence-electron chi connectivity index (χ2n) is 3.21. The van der Waals surface area contributed by atoms with Crippen molar-refractivity contribution in [2.75, 3.05) is 0 Å². The van der Waals surface area contributed by atoms with Crippen LogP contribution in [0.15, 0.2) is 40.6 Å². The Morgan fingerprint density at radius 2 is 1.79 bits per heavy atom. The molecule has 0 spiro atoms. The van der Waals surface area contributed by atoms with Gasteiger partial charge < -0.3 is 0 Å². The van der Waals surface area contributed by atoms with Gasteiger partial charge in [-0.3, -0.25) is 0 Å². The van der Waals surface area contributed by atoms with E-state index in [2.05, 4.69) is 6.58 Å². The van der Waals surface area contributed by atoms with E-state index in [9.17, 15) is 8.42 Å². The van der Waals surface area contributed by atoms with Crippen molar-refractivity contribution in [1.29, 1.82) is 0 Å². The first-order chi connectivity index (χ1) is 6.48. The molecule has 0 unspecified atom stereocenters. The standard InChI is InChI=1S/C11H14O2S/c1-4-10(3)14(12,13)11-7-5-9(2)6-8-11/h5-8H,3-4H2,1-2H3. The summed E-state index contributed by atoms with van der Waals surface area (Å²) >= 11 is 0. The maximum absolute atomic E-state index is 11.8. The van der Waals surface area contributed by atoms with Crippen molar-refractivity contribution < 1.29 is 8.42 Å². The van der Waals surface area contributed by atoms with Gasteiger partial charge in [0.1, 0.15) is 0 Å². The van der Waals surface area contributed by atoms with E-state index in [0.29, 0.717) is 11.3 Å². The number of benzene rings is 1. The van der Waals surface area contributed by atoms with E-state index in [1.807, 2.05) is 6.92 Å². The van der Waals surface area contributed by atoms with Gasteiger partial charge in [-0.1, -0.05) is 31.2 Å². The third-order valence-electron chi connectivity index (χ3n) is 2.11. The van der Waals surface area contributed by atoms with Crippen LogP contribution in [0.2, 0.25) is 0 Å². The summed E-state index contributed by atoms with van der Waals surface area (Å²) in [5, 5.41) is 0. The Balaban J connectivity index is 3.18. The Kier molecular flexibility index (Phi) is 3.11. The minimum atomic E-state index is -3.30. The predicted molar refractivity (Wildman–Crippen MR) is 57.8 cm³/mol. The summed E-state index contributed by atoms with van der Waals surface area (Å²) < 4.78 is 23.5. The van der Waals surface area contributed by atoms with Gasteiger partial charge in [-0.2, -0.15) is 0 Å². The van der Waals surface area contributed by atoms with Crippen LogP contribution in [-0.2, 0) is 9.84 Å². The molecule has 0 aliphatic rings. The molecule has 0 aliphatic heterocycles. The monoisotopic (exact) mass is 210 g/mol. The van der Waals surface area contributed by atoms with E-state index < -0.39 is 9.84 Å². The molecule has 0 saturated heterocycles. The van der Waals surface area contributed by atoms with Crippen molar-refractivity contribution in [3.8, 4) is 0 Å². The van der Waals surface area contributed by atoms with Crippen LogP contribution in [-0.4, -0.2) is 8.42 Å². The molecule has 0 fully saturated rings. The molecule has 1 rings (SSSR count). The lowest BCUT2D eigenvalue weighted by Crippen LogP contribution is -2.02. The van der Waals surface area contributed by atoms with Gasteiger partial charge in [-0.05, 0) is 25.5 Å². The molecule has 76 valence electrons. The molecule has 1 aromatic carbocycles. The fourth-order valence-electron chi connectivity index (χ4n) is 1.07. The van der Waals surface area contributed by atoms with Crippen LogP contribution in [0.5, 0.6) is 0 Å². The second kappa shape index (κ2) is 3.96. The highest BCUT2D eigenvalue weighted by Gasteiger charge is 2.16. The van der Waals surface area contributed by atoms with E-state index in [4.69, 9.17) is 0 Å². The summed E-state index contributed by atoms with van der Waals surface area (Å²) in [6.45, 7) is 7.26. The third kappa shape index (κ3) is 2.04.